The molecule has 0 aromatic heterocycles. The topological polar surface area (TPSA) is 54.5 Å². The van der Waals surface area contributed by atoms with Gasteiger partial charge in [-0.25, -0.2) is 8.42 Å². The molecule has 1 aromatic carbocycles. The lowest BCUT2D eigenvalue weighted by molar-refractivity contribution is 0.0763. The molecule has 0 aliphatic heterocycles. The van der Waals surface area contributed by atoms with Crippen molar-refractivity contribution in [3.05, 3.63) is 29.3 Å². The van der Waals surface area contributed by atoms with Crippen LogP contribution in [0.5, 0.6) is 0 Å². The highest BCUT2D eigenvalue weighted by molar-refractivity contribution is 8.13. The number of carbonyl (C=O) groups is 1. The van der Waals surface area contributed by atoms with Crippen LogP contribution in [0.3, 0.4) is 0 Å². The van der Waals surface area contributed by atoms with Crippen LogP contribution in [0, 0.1) is 6.92 Å². The Morgan fingerprint density at radius 3 is 2.42 bits per heavy atom. The summed E-state index contributed by atoms with van der Waals surface area (Å²) in [6, 6.07) is 4.35. The average Bonchev–Trinajstić information content (AvgIpc) is 2.34. The fourth-order valence-electron chi connectivity index (χ4n) is 1.83. The van der Waals surface area contributed by atoms with Crippen molar-refractivity contribution in [3.8, 4) is 0 Å². The van der Waals surface area contributed by atoms with Gasteiger partial charge >= 0.3 is 0 Å². The Morgan fingerprint density at radius 2 is 1.95 bits per heavy atom. The smallest absolute Gasteiger partial charge is 0.261 e. The van der Waals surface area contributed by atoms with E-state index in [0.29, 0.717) is 18.7 Å². The average molecular weight is 304 g/mol. The van der Waals surface area contributed by atoms with E-state index < -0.39 is 9.05 Å². The Kier molecular flexibility index (Phi) is 5.38. The second-order valence-corrected chi connectivity index (χ2v) is 6.87. The first-order valence-electron chi connectivity index (χ1n) is 6.15. The molecule has 4 nitrogen and oxygen atoms in total. The molecule has 0 bridgehead atoms. The van der Waals surface area contributed by atoms with E-state index in [1.54, 1.807) is 17.9 Å². The second kappa shape index (κ2) is 6.39. The van der Waals surface area contributed by atoms with Gasteiger partial charge in [0.15, 0.2) is 0 Å². The normalized spacial score (nSPS) is 11.4. The van der Waals surface area contributed by atoms with Crippen LogP contribution in [0.25, 0.3) is 0 Å². The number of halogens is 1. The van der Waals surface area contributed by atoms with Gasteiger partial charge in [-0.15, -0.1) is 0 Å². The number of benzene rings is 1. The Bertz CT molecular complexity index is 569. The van der Waals surface area contributed by atoms with E-state index in [2.05, 4.69) is 0 Å². The molecule has 0 atom stereocenters. The molecule has 0 saturated carbocycles. The van der Waals surface area contributed by atoms with E-state index in [0.717, 1.165) is 12.0 Å². The van der Waals surface area contributed by atoms with Gasteiger partial charge in [0.2, 0.25) is 0 Å². The van der Waals surface area contributed by atoms with Crippen molar-refractivity contribution in [1.29, 1.82) is 0 Å². The highest BCUT2D eigenvalue weighted by Gasteiger charge is 2.19. The zero-order valence-corrected chi connectivity index (χ0v) is 12.9. The molecule has 1 aromatic rings. The molecule has 6 heteroatoms. The first kappa shape index (κ1) is 16.0. The molecule has 1 amide bonds. The monoisotopic (exact) mass is 303 g/mol. The number of nitrogens with zero attached hydrogens (tertiary/aromatic N) is 1. The number of amides is 1. The molecule has 1 rings (SSSR count). The van der Waals surface area contributed by atoms with Crippen molar-refractivity contribution >= 4 is 25.6 Å². The summed E-state index contributed by atoms with van der Waals surface area (Å²) < 4.78 is 22.6. The van der Waals surface area contributed by atoms with E-state index in [1.165, 1.54) is 12.1 Å². The van der Waals surface area contributed by atoms with Gasteiger partial charge < -0.3 is 4.90 Å². The Labute approximate surface area is 118 Å². The summed E-state index contributed by atoms with van der Waals surface area (Å²) in [4.78, 5) is 14.0. The van der Waals surface area contributed by atoms with Crippen LogP contribution in [-0.2, 0) is 9.05 Å². The summed E-state index contributed by atoms with van der Waals surface area (Å²) in [5.74, 6) is -0.163. The number of carbonyl (C=O) groups excluding carboxylic acids is 1. The van der Waals surface area contributed by atoms with Crippen LogP contribution < -0.4 is 0 Å². The molecule has 0 radical (unpaired) electrons. The third kappa shape index (κ3) is 3.94. The SMILES string of the molecule is CCCN(CC)C(=O)c1cc(S(=O)(=O)Cl)ccc1C. The van der Waals surface area contributed by atoms with Crippen molar-refractivity contribution in [3.63, 3.8) is 0 Å². The molecule has 0 saturated heterocycles. The Balaban J connectivity index is 3.22. The highest BCUT2D eigenvalue weighted by Crippen LogP contribution is 2.20. The van der Waals surface area contributed by atoms with Gasteiger partial charge in [-0.3, -0.25) is 4.79 Å². The van der Waals surface area contributed by atoms with Gasteiger partial charge in [0, 0.05) is 29.3 Å². The van der Waals surface area contributed by atoms with Crippen LogP contribution in [0.4, 0.5) is 0 Å². The lowest BCUT2D eigenvalue weighted by Gasteiger charge is -2.21. The van der Waals surface area contributed by atoms with E-state index >= 15 is 0 Å². The molecular formula is C13H18ClNO3S. The molecule has 0 N–H and O–H groups in total. The standard InChI is InChI=1S/C13H18ClNO3S/c1-4-8-15(5-2)13(16)12-9-11(19(14,17)18)7-6-10(12)3/h6-7,9H,4-5,8H2,1-3H3. The maximum absolute atomic E-state index is 12.4. The number of hydrogen-bond acceptors (Lipinski definition) is 3. The molecule has 0 spiro atoms. The van der Waals surface area contributed by atoms with Crippen molar-refractivity contribution in [2.45, 2.75) is 32.1 Å². The summed E-state index contributed by atoms with van der Waals surface area (Å²) in [5, 5.41) is 0. The van der Waals surface area contributed by atoms with Crippen molar-refractivity contribution in [1.82, 2.24) is 4.90 Å². The van der Waals surface area contributed by atoms with Gasteiger partial charge in [-0.2, -0.15) is 0 Å². The first-order valence-corrected chi connectivity index (χ1v) is 8.46. The molecule has 0 aliphatic rings. The highest BCUT2D eigenvalue weighted by atomic mass is 35.7. The molecule has 19 heavy (non-hydrogen) atoms. The van der Waals surface area contributed by atoms with Gasteiger partial charge in [-0.05, 0) is 38.0 Å². The minimum Gasteiger partial charge on any atom is -0.339 e. The zero-order chi connectivity index (χ0) is 14.6. The van der Waals surface area contributed by atoms with Crippen molar-refractivity contribution in [2.24, 2.45) is 0 Å². The van der Waals surface area contributed by atoms with Crippen LogP contribution in [0.1, 0.15) is 36.2 Å². The molecule has 0 unspecified atom stereocenters. The van der Waals surface area contributed by atoms with Crippen LogP contribution in [-0.4, -0.2) is 32.3 Å². The van der Waals surface area contributed by atoms with Crippen LogP contribution in [0.15, 0.2) is 23.1 Å². The Hall–Kier alpha value is -1.07. The predicted molar refractivity (Wildman–Crippen MR) is 76.1 cm³/mol. The second-order valence-electron chi connectivity index (χ2n) is 4.30. The fraction of sp³-hybridized carbons (Fsp3) is 0.462. The van der Waals surface area contributed by atoms with E-state index in [4.69, 9.17) is 10.7 Å². The van der Waals surface area contributed by atoms with Gasteiger partial charge in [0.05, 0.1) is 4.90 Å². The molecule has 0 fully saturated rings. The van der Waals surface area contributed by atoms with E-state index in [1.807, 2.05) is 13.8 Å². The maximum atomic E-state index is 12.4. The minimum atomic E-state index is -3.82. The van der Waals surface area contributed by atoms with Gasteiger partial charge in [0.25, 0.3) is 15.0 Å². The van der Waals surface area contributed by atoms with E-state index in [9.17, 15) is 13.2 Å². The van der Waals surface area contributed by atoms with Gasteiger partial charge in [-0.1, -0.05) is 13.0 Å². The molecular weight excluding hydrogens is 286 g/mol. The quantitative estimate of drug-likeness (QED) is 0.786. The first-order chi connectivity index (χ1) is 8.81. The lowest BCUT2D eigenvalue weighted by Crippen LogP contribution is -2.32. The third-order valence-electron chi connectivity index (χ3n) is 2.88. The molecule has 106 valence electrons. The predicted octanol–water partition coefficient (Wildman–Crippen LogP) is 2.79. The molecule has 0 aliphatic carbocycles. The third-order valence-corrected chi connectivity index (χ3v) is 4.23. The summed E-state index contributed by atoms with van der Waals surface area (Å²) in [7, 11) is 1.49. The Morgan fingerprint density at radius 1 is 1.32 bits per heavy atom. The van der Waals surface area contributed by atoms with Gasteiger partial charge in [0.1, 0.15) is 0 Å². The number of aryl methyl sites for hydroxylation is 1. The minimum absolute atomic E-state index is 0.0457. The van der Waals surface area contributed by atoms with Crippen molar-refractivity contribution in [2.75, 3.05) is 13.1 Å². The van der Waals surface area contributed by atoms with Crippen molar-refractivity contribution < 1.29 is 13.2 Å². The number of hydrogen-bond donors (Lipinski definition) is 0. The number of rotatable bonds is 5. The van der Waals surface area contributed by atoms with Crippen LogP contribution >= 0.6 is 10.7 Å². The summed E-state index contributed by atoms with van der Waals surface area (Å²) in [6.07, 6.45) is 0.853. The fourth-order valence-corrected chi connectivity index (χ4v) is 2.60. The molecule has 0 heterocycles. The summed E-state index contributed by atoms with van der Waals surface area (Å²) in [6.45, 7) is 6.89. The summed E-state index contributed by atoms with van der Waals surface area (Å²) in [5.41, 5.74) is 1.13. The largest absolute Gasteiger partial charge is 0.339 e. The van der Waals surface area contributed by atoms with E-state index in [-0.39, 0.29) is 10.8 Å². The maximum Gasteiger partial charge on any atom is 0.261 e. The lowest BCUT2D eigenvalue weighted by atomic mass is 10.1. The summed E-state index contributed by atoms with van der Waals surface area (Å²) >= 11 is 0. The van der Waals surface area contributed by atoms with Crippen LogP contribution in [0.2, 0.25) is 0 Å². The zero-order valence-electron chi connectivity index (χ0n) is 11.3.